The lowest BCUT2D eigenvalue weighted by Crippen LogP contribution is -2.20. The molecular formula is C17H28O6. The molecule has 6 heteroatoms. The summed E-state index contributed by atoms with van der Waals surface area (Å²) >= 11 is 0. The second-order valence-electron chi connectivity index (χ2n) is 4.80. The molecular weight excluding hydrogens is 300 g/mol. The van der Waals surface area contributed by atoms with E-state index in [0.717, 1.165) is 13.0 Å². The molecule has 23 heavy (non-hydrogen) atoms. The van der Waals surface area contributed by atoms with E-state index in [0.29, 0.717) is 43.7 Å². The van der Waals surface area contributed by atoms with Crippen LogP contribution in [-0.4, -0.2) is 53.5 Å². The smallest absolute Gasteiger partial charge is 0.197 e. The molecule has 0 fully saturated rings. The summed E-state index contributed by atoms with van der Waals surface area (Å²) in [5, 5.41) is 0. The molecule has 0 aromatic heterocycles. The quantitative estimate of drug-likeness (QED) is 0.410. The SMILES string of the molecule is CCCOCCOCCOC(C)Oc1cc(OC)ccc1OC. The Bertz CT molecular complexity index is 424. The van der Waals surface area contributed by atoms with Gasteiger partial charge in [0.25, 0.3) is 0 Å². The van der Waals surface area contributed by atoms with E-state index in [1.807, 2.05) is 13.0 Å². The van der Waals surface area contributed by atoms with Crippen molar-refractivity contribution in [2.75, 3.05) is 47.3 Å². The Labute approximate surface area is 138 Å². The third-order valence-electron chi connectivity index (χ3n) is 2.96. The number of ether oxygens (including phenoxy) is 6. The standard InChI is InChI=1S/C17H28O6/c1-5-8-20-9-10-21-11-12-22-14(2)23-17-13-15(18-3)6-7-16(17)19-4/h6-7,13-14H,5,8-12H2,1-4H3. The van der Waals surface area contributed by atoms with Gasteiger partial charge in [0.05, 0.1) is 40.6 Å². The lowest BCUT2D eigenvalue weighted by molar-refractivity contribution is -0.0868. The van der Waals surface area contributed by atoms with E-state index in [9.17, 15) is 0 Å². The van der Waals surface area contributed by atoms with E-state index in [1.54, 1.807) is 26.4 Å². The van der Waals surface area contributed by atoms with Crippen molar-refractivity contribution in [1.82, 2.24) is 0 Å². The highest BCUT2D eigenvalue weighted by atomic mass is 16.7. The average Bonchev–Trinajstić information content (AvgIpc) is 2.57. The van der Waals surface area contributed by atoms with Crippen LogP contribution in [0.3, 0.4) is 0 Å². The lowest BCUT2D eigenvalue weighted by atomic mass is 10.3. The second-order valence-corrected chi connectivity index (χ2v) is 4.80. The molecule has 132 valence electrons. The molecule has 1 aromatic rings. The summed E-state index contributed by atoms with van der Waals surface area (Å²) in [4.78, 5) is 0. The maximum atomic E-state index is 5.73. The van der Waals surface area contributed by atoms with Gasteiger partial charge in [-0.1, -0.05) is 6.92 Å². The van der Waals surface area contributed by atoms with E-state index in [-0.39, 0.29) is 0 Å². The molecule has 0 radical (unpaired) electrons. The molecule has 0 spiro atoms. The maximum absolute atomic E-state index is 5.73. The zero-order valence-electron chi connectivity index (χ0n) is 14.5. The van der Waals surface area contributed by atoms with Crippen LogP contribution >= 0.6 is 0 Å². The first kappa shape index (κ1) is 19.5. The molecule has 0 bridgehead atoms. The third kappa shape index (κ3) is 8.06. The van der Waals surface area contributed by atoms with E-state index >= 15 is 0 Å². The van der Waals surface area contributed by atoms with E-state index in [4.69, 9.17) is 28.4 Å². The Morgan fingerprint density at radius 1 is 0.870 bits per heavy atom. The van der Waals surface area contributed by atoms with Crippen LogP contribution in [-0.2, 0) is 14.2 Å². The molecule has 0 amide bonds. The highest BCUT2D eigenvalue weighted by molar-refractivity contribution is 5.45. The molecule has 6 nitrogen and oxygen atoms in total. The van der Waals surface area contributed by atoms with Gasteiger partial charge in [-0.05, 0) is 25.5 Å². The fraction of sp³-hybridized carbons (Fsp3) is 0.647. The molecule has 1 rings (SSSR count). The summed E-state index contributed by atoms with van der Waals surface area (Å²) < 4.78 is 32.5. The molecule has 0 aliphatic heterocycles. The van der Waals surface area contributed by atoms with Crippen LogP contribution in [0.15, 0.2) is 18.2 Å². The van der Waals surface area contributed by atoms with E-state index < -0.39 is 6.29 Å². The van der Waals surface area contributed by atoms with Crippen molar-refractivity contribution in [2.24, 2.45) is 0 Å². The van der Waals surface area contributed by atoms with Gasteiger partial charge in [0.2, 0.25) is 0 Å². The summed E-state index contributed by atoms with van der Waals surface area (Å²) in [6.07, 6.45) is 0.599. The molecule has 0 N–H and O–H groups in total. The molecule has 1 aromatic carbocycles. The minimum absolute atomic E-state index is 0.420. The predicted octanol–water partition coefficient (Wildman–Crippen LogP) is 2.89. The number of hydrogen-bond acceptors (Lipinski definition) is 6. The fourth-order valence-electron chi connectivity index (χ4n) is 1.83. The van der Waals surface area contributed by atoms with Crippen LogP contribution in [0.25, 0.3) is 0 Å². The number of methoxy groups -OCH3 is 2. The lowest BCUT2D eigenvalue weighted by Gasteiger charge is -2.18. The maximum Gasteiger partial charge on any atom is 0.197 e. The minimum Gasteiger partial charge on any atom is -0.497 e. The van der Waals surface area contributed by atoms with Gasteiger partial charge in [0.15, 0.2) is 17.8 Å². The fourth-order valence-corrected chi connectivity index (χ4v) is 1.83. The Morgan fingerprint density at radius 2 is 1.57 bits per heavy atom. The number of benzene rings is 1. The van der Waals surface area contributed by atoms with E-state index in [1.165, 1.54) is 0 Å². The van der Waals surface area contributed by atoms with Gasteiger partial charge in [0.1, 0.15) is 5.75 Å². The molecule has 0 saturated heterocycles. The summed E-state index contributed by atoms with van der Waals surface area (Å²) in [5.74, 6) is 1.90. The Balaban J connectivity index is 2.24. The second kappa shape index (κ2) is 12.0. The first-order valence-electron chi connectivity index (χ1n) is 7.87. The third-order valence-corrected chi connectivity index (χ3v) is 2.96. The Kier molecular flexibility index (Phi) is 10.2. The largest absolute Gasteiger partial charge is 0.497 e. The van der Waals surface area contributed by atoms with Crippen molar-refractivity contribution in [3.05, 3.63) is 18.2 Å². The monoisotopic (exact) mass is 328 g/mol. The summed E-state index contributed by atoms with van der Waals surface area (Å²) in [6.45, 7) is 6.80. The molecule has 0 heterocycles. The Hall–Kier alpha value is -1.50. The van der Waals surface area contributed by atoms with Gasteiger partial charge in [0, 0.05) is 12.7 Å². The van der Waals surface area contributed by atoms with Crippen LogP contribution in [0, 0.1) is 0 Å². The van der Waals surface area contributed by atoms with Crippen molar-refractivity contribution in [1.29, 1.82) is 0 Å². The van der Waals surface area contributed by atoms with Crippen LogP contribution in [0.2, 0.25) is 0 Å². The predicted molar refractivity (Wildman–Crippen MR) is 87.5 cm³/mol. The van der Waals surface area contributed by atoms with E-state index in [2.05, 4.69) is 6.92 Å². The van der Waals surface area contributed by atoms with Crippen molar-refractivity contribution in [2.45, 2.75) is 26.6 Å². The minimum atomic E-state index is -0.420. The molecule has 1 unspecified atom stereocenters. The normalized spacial score (nSPS) is 12.0. The topological polar surface area (TPSA) is 55.4 Å². The van der Waals surface area contributed by atoms with Gasteiger partial charge >= 0.3 is 0 Å². The van der Waals surface area contributed by atoms with Crippen LogP contribution in [0.5, 0.6) is 17.2 Å². The molecule has 1 atom stereocenters. The Morgan fingerprint density at radius 3 is 2.22 bits per heavy atom. The van der Waals surface area contributed by atoms with Crippen LogP contribution in [0.4, 0.5) is 0 Å². The average molecular weight is 328 g/mol. The number of hydrogen-bond donors (Lipinski definition) is 0. The summed E-state index contributed by atoms with van der Waals surface area (Å²) in [5.41, 5.74) is 0. The van der Waals surface area contributed by atoms with Gasteiger partial charge in [-0.3, -0.25) is 0 Å². The zero-order valence-corrected chi connectivity index (χ0v) is 14.5. The molecule has 0 saturated carbocycles. The summed E-state index contributed by atoms with van der Waals surface area (Å²) in [7, 11) is 3.20. The highest BCUT2D eigenvalue weighted by Crippen LogP contribution is 2.31. The van der Waals surface area contributed by atoms with Crippen LogP contribution < -0.4 is 14.2 Å². The van der Waals surface area contributed by atoms with Gasteiger partial charge < -0.3 is 28.4 Å². The first-order valence-corrected chi connectivity index (χ1v) is 7.87. The van der Waals surface area contributed by atoms with Gasteiger partial charge in [-0.2, -0.15) is 0 Å². The van der Waals surface area contributed by atoms with Gasteiger partial charge in [-0.25, -0.2) is 0 Å². The zero-order chi connectivity index (χ0) is 16.9. The van der Waals surface area contributed by atoms with Crippen molar-refractivity contribution >= 4 is 0 Å². The van der Waals surface area contributed by atoms with Crippen molar-refractivity contribution < 1.29 is 28.4 Å². The molecule has 0 aliphatic carbocycles. The molecule has 0 aliphatic rings. The van der Waals surface area contributed by atoms with Crippen molar-refractivity contribution in [3.63, 3.8) is 0 Å². The number of rotatable bonds is 13. The van der Waals surface area contributed by atoms with Crippen LogP contribution in [0.1, 0.15) is 20.3 Å². The van der Waals surface area contributed by atoms with Gasteiger partial charge in [-0.15, -0.1) is 0 Å². The highest BCUT2D eigenvalue weighted by Gasteiger charge is 2.10. The van der Waals surface area contributed by atoms with Crippen molar-refractivity contribution in [3.8, 4) is 17.2 Å². The first-order chi connectivity index (χ1) is 11.2. The summed E-state index contributed by atoms with van der Waals surface area (Å²) in [6, 6.07) is 5.37.